The third-order valence-corrected chi connectivity index (χ3v) is 5.90. The monoisotopic (exact) mass is 428 g/mol. The molecule has 0 aliphatic rings. The van der Waals surface area contributed by atoms with E-state index in [0.717, 1.165) is 27.8 Å². The number of pyridine rings is 1. The van der Waals surface area contributed by atoms with Gasteiger partial charge in [0, 0.05) is 11.8 Å². The highest BCUT2D eigenvalue weighted by molar-refractivity contribution is 5.69. The first-order valence-corrected chi connectivity index (χ1v) is 11.0. The number of benzene rings is 4. The summed E-state index contributed by atoms with van der Waals surface area (Å²) < 4.78 is 0. The zero-order valence-corrected chi connectivity index (χ0v) is 18.1. The molecule has 5 rings (SSSR count). The van der Waals surface area contributed by atoms with Crippen molar-refractivity contribution in [3.8, 4) is 16.9 Å². The number of aromatic hydroxyl groups is 1. The Bertz CT molecular complexity index is 1220. The van der Waals surface area contributed by atoms with Gasteiger partial charge in [-0.15, -0.1) is 0 Å². The Morgan fingerprint density at radius 2 is 0.970 bits per heavy atom. The Morgan fingerprint density at radius 3 is 1.39 bits per heavy atom. The molecule has 0 unspecified atom stereocenters. The van der Waals surface area contributed by atoms with Crippen molar-refractivity contribution in [2.24, 2.45) is 0 Å². The van der Waals surface area contributed by atoms with Crippen molar-refractivity contribution >= 4 is 5.82 Å². The first-order chi connectivity index (χ1) is 16.3. The van der Waals surface area contributed by atoms with E-state index in [9.17, 15) is 5.11 Å². The van der Waals surface area contributed by atoms with Crippen molar-refractivity contribution in [3.05, 3.63) is 150 Å². The lowest BCUT2D eigenvalue weighted by atomic mass is 9.77. The summed E-state index contributed by atoms with van der Waals surface area (Å²) in [5, 5.41) is 14.7. The Hall–Kier alpha value is -4.37. The van der Waals surface area contributed by atoms with E-state index < -0.39 is 5.54 Å². The molecule has 1 heterocycles. The molecular weight excluding hydrogens is 404 g/mol. The summed E-state index contributed by atoms with van der Waals surface area (Å²) >= 11 is 0. The van der Waals surface area contributed by atoms with Crippen molar-refractivity contribution in [1.82, 2.24) is 4.98 Å². The summed E-state index contributed by atoms with van der Waals surface area (Å²) in [5.74, 6) is 0.523. The van der Waals surface area contributed by atoms with Gasteiger partial charge in [-0.2, -0.15) is 0 Å². The summed E-state index contributed by atoms with van der Waals surface area (Å²) in [6.07, 6.45) is 1.79. The third kappa shape index (κ3) is 3.97. The minimum absolute atomic E-state index is 0.100. The van der Waals surface area contributed by atoms with Crippen LogP contribution in [0.5, 0.6) is 5.75 Å². The van der Waals surface area contributed by atoms with E-state index in [0.29, 0.717) is 5.82 Å². The number of nitrogens with zero attached hydrogens (tertiary/aromatic N) is 1. The first kappa shape index (κ1) is 20.5. The lowest BCUT2D eigenvalue weighted by Crippen LogP contribution is -2.38. The molecule has 0 aliphatic carbocycles. The molecule has 0 amide bonds. The molecule has 3 heteroatoms. The third-order valence-electron chi connectivity index (χ3n) is 5.90. The number of rotatable bonds is 6. The summed E-state index contributed by atoms with van der Waals surface area (Å²) in [7, 11) is 0. The van der Waals surface area contributed by atoms with Gasteiger partial charge in [0.05, 0.1) is 0 Å². The molecular formula is C30H24N2O. The lowest BCUT2D eigenvalue weighted by molar-refractivity contribution is 0.473. The largest absolute Gasteiger partial charge is 0.504 e. The van der Waals surface area contributed by atoms with E-state index in [-0.39, 0.29) is 5.75 Å². The van der Waals surface area contributed by atoms with Crippen LogP contribution in [0.1, 0.15) is 16.7 Å². The Labute approximate surface area is 194 Å². The topological polar surface area (TPSA) is 45.2 Å². The number of anilines is 1. The molecule has 0 atom stereocenters. The zero-order valence-electron chi connectivity index (χ0n) is 18.1. The highest BCUT2D eigenvalue weighted by Crippen LogP contribution is 2.41. The Morgan fingerprint density at radius 1 is 0.545 bits per heavy atom. The molecule has 0 aliphatic heterocycles. The number of aromatic nitrogens is 1. The van der Waals surface area contributed by atoms with Crippen molar-refractivity contribution in [3.63, 3.8) is 0 Å². The van der Waals surface area contributed by atoms with Gasteiger partial charge in [0.25, 0.3) is 0 Å². The molecule has 2 N–H and O–H groups in total. The van der Waals surface area contributed by atoms with Crippen LogP contribution in [-0.4, -0.2) is 10.1 Å². The van der Waals surface area contributed by atoms with Crippen LogP contribution in [0.3, 0.4) is 0 Å². The predicted molar refractivity (Wildman–Crippen MR) is 134 cm³/mol. The first-order valence-electron chi connectivity index (χ1n) is 11.0. The van der Waals surface area contributed by atoms with Crippen LogP contribution in [0, 0.1) is 0 Å². The second kappa shape index (κ2) is 9.01. The number of hydrogen-bond acceptors (Lipinski definition) is 3. The average molecular weight is 429 g/mol. The van der Waals surface area contributed by atoms with Crippen molar-refractivity contribution in [2.45, 2.75) is 5.54 Å². The van der Waals surface area contributed by atoms with Crippen LogP contribution >= 0.6 is 0 Å². The molecule has 3 nitrogen and oxygen atoms in total. The molecule has 0 spiro atoms. The van der Waals surface area contributed by atoms with Gasteiger partial charge in [-0.3, -0.25) is 0 Å². The van der Waals surface area contributed by atoms with Crippen molar-refractivity contribution < 1.29 is 5.11 Å². The van der Waals surface area contributed by atoms with E-state index in [4.69, 9.17) is 0 Å². The minimum atomic E-state index is -0.747. The summed E-state index contributed by atoms with van der Waals surface area (Å²) in [6, 6.07) is 42.5. The van der Waals surface area contributed by atoms with Gasteiger partial charge in [-0.05, 0) is 28.3 Å². The van der Waals surface area contributed by atoms with Crippen LogP contribution in [-0.2, 0) is 5.54 Å². The van der Waals surface area contributed by atoms with Crippen LogP contribution in [0.15, 0.2) is 134 Å². The van der Waals surface area contributed by atoms with Gasteiger partial charge in [0.2, 0.25) is 0 Å². The van der Waals surface area contributed by atoms with Gasteiger partial charge in [0.15, 0.2) is 11.6 Å². The second-order valence-electron chi connectivity index (χ2n) is 7.93. The van der Waals surface area contributed by atoms with Crippen LogP contribution in [0.2, 0.25) is 0 Å². The highest BCUT2D eigenvalue weighted by atomic mass is 16.3. The van der Waals surface area contributed by atoms with Crippen molar-refractivity contribution in [1.29, 1.82) is 0 Å². The van der Waals surface area contributed by atoms with Gasteiger partial charge >= 0.3 is 0 Å². The minimum Gasteiger partial charge on any atom is -0.504 e. The molecule has 0 bridgehead atoms. The van der Waals surface area contributed by atoms with Gasteiger partial charge in [-0.1, -0.05) is 121 Å². The molecule has 0 radical (unpaired) electrons. The summed E-state index contributed by atoms with van der Waals surface area (Å²) in [6.45, 7) is 0. The maximum Gasteiger partial charge on any atom is 0.169 e. The second-order valence-corrected chi connectivity index (χ2v) is 7.93. The lowest BCUT2D eigenvalue weighted by Gasteiger charge is -2.37. The maximum absolute atomic E-state index is 11.0. The molecule has 5 aromatic rings. The molecule has 0 fully saturated rings. The summed E-state index contributed by atoms with van der Waals surface area (Å²) in [4.78, 5) is 4.65. The Balaban J connectivity index is 1.69. The highest BCUT2D eigenvalue weighted by Gasteiger charge is 2.37. The molecule has 33 heavy (non-hydrogen) atoms. The molecule has 4 aromatic carbocycles. The fourth-order valence-corrected chi connectivity index (χ4v) is 4.30. The quantitative estimate of drug-likeness (QED) is 0.290. The van der Waals surface area contributed by atoms with Gasteiger partial charge < -0.3 is 10.4 Å². The molecule has 160 valence electrons. The van der Waals surface area contributed by atoms with E-state index in [2.05, 4.69) is 46.7 Å². The van der Waals surface area contributed by atoms with Crippen molar-refractivity contribution in [2.75, 3.05) is 5.32 Å². The van der Waals surface area contributed by atoms with Crippen LogP contribution in [0.25, 0.3) is 11.1 Å². The van der Waals surface area contributed by atoms with E-state index in [1.807, 2.05) is 84.9 Å². The average Bonchev–Trinajstić information content (AvgIpc) is 2.90. The molecule has 0 saturated carbocycles. The summed E-state index contributed by atoms with van der Waals surface area (Å²) in [5.41, 5.74) is 4.28. The van der Waals surface area contributed by atoms with E-state index in [1.54, 1.807) is 12.3 Å². The van der Waals surface area contributed by atoms with Gasteiger partial charge in [-0.25, -0.2) is 4.98 Å². The van der Waals surface area contributed by atoms with Crippen LogP contribution < -0.4 is 5.32 Å². The maximum atomic E-state index is 11.0. The smallest absolute Gasteiger partial charge is 0.169 e. The number of hydrogen-bond donors (Lipinski definition) is 2. The fraction of sp³-hybridized carbons (Fsp3) is 0.0333. The van der Waals surface area contributed by atoms with E-state index >= 15 is 0 Å². The normalized spacial score (nSPS) is 11.2. The molecule has 1 aromatic heterocycles. The van der Waals surface area contributed by atoms with Crippen LogP contribution in [0.4, 0.5) is 5.82 Å². The Kier molecular flexibility index (Phi) is 5.61. The zero-order chi connectivity index (χ0) is 22.5. The van der Waals surface area contributed by atoms with Gasteiger partial charge in [0.1, 0.15) is 5.54 Å². The fourth-order valence-electron chi connectivity index (χ4n) is 4.30. The number of nitrogens with one attached hydrogen (secondary N) is 1. The van der Waals surface area contributed by atoms with E-state index in [1.165, 1.54) is 0 Å². The SMILES string of the molecule is Oc1cc(-c2ccccc2)cnc1NC(c1ccccc1)(c1ccccc1)c1ccccc1. The standard InChI is InChI=1S/C30H24N2O/c33-28-21-24(23-13-5-1-6-14-23)22-31-29(28)32-30(25-15-7-2-8-16-25,26-17-9-3-10-18-26)27-19-11-4-12-20-27/h1-22,33H,(H,31,32). The predicted octanol–water partition coefficient (Wildman–Crippen LogP) is 6.86. The molecule has 0 saturated heterocycles.